The molecule has 36 heavy (non-hydrogen) atoms. The number of amides is 1. The van der Waals surface area contributed by atoms with Gasteiger partial charge in [0, 0.05) is 18.8 Å². The fourth-order valence-electron chi connectivity index (χ4n) is 5.06. The molecule has 5 rings (SSSR count). The van der Waals surface area contributed by atoms with E-state index in [1.54, 1.807) is 7.11 Å². The van der Waals surface area contributed by atoms with Crippen LogP contribution >= 0.6 is 0 Å². The van der Waals surface area contributed by atoms with Gasteiger partial charge in [0.05, 0.1) is 30.6 Å². The fraction of sp³-hybridized carbons (Fsp3) is 0.333. The van der Waals surface area contributed by atoms with E-state index in [0.29, 0.717) is 0 Å². The lowest BCUT2D eigenvalue weighted by atomic mass is 9.97. The zero-order valence-corrected chi connectivity index (χ0v) is 21.1. The molecular formula is C30H34N4O2. The average molecular weight is 483 g/mol. The van der Waals surface area contributed by atoms with Crippen LogP contribution in [0.2, 0.25) is 0 Å². The Labute approximate surface area is 212 Å². The van der Waals surface area contributed by atoms with Gasteiger partial charge in [0.1, 0.15) is 11.6 Å². The predicted octanol–water partition coefficient (Wildman–Crippen LogP) is 5.51. The normalized spacial score (nSPS) is 16.2. The predicted molar refractivity (Wildman–Crippen MR) is 144 cm³/mol. The highest BCUT2D eigenvalue weighted by Crippen LogP contribution is 2.24. The summed E-state index contributed by atoms with van der Waals surface area (Å²) in [7, 11) is 1.69. The number of carbonyl (C=O) groups excluding carboxylic acids is 1. The number of aryl methyl sites for hydroxylation is 1. The van der Waals surface area contributed by atoms with E-state index >= 15 is 0 Å². The number of hydrogen-bond acceptors (Lipinski definition) is 4. The largest absolute Gasteiger partial charge is 0.497 e. The second-order valence-corrected chi connectivity index (χ2v) is 9.57. The number of carbonyl (C=O) groups is 1. The summed E-state index contributed by atoms with van der Waals surface area (Å²) in [6.45, 7) is 5.30. The standard InChI is InChI=1S/C30H34N4O2/c1-3-22-8-6-10-25(18-22)31-30(35)24-9-7-17-33(20-24)21-29-32-27-11-4-5-12-28(27)34(29)19-23-13-15-26(36-2)16-14-23/h4-6,8,10-16,18,24H,3,7,9,17,19-21H2,1-2H3,(H,31,35)/t24-/m1/s1. The Bertz CT molecular complexity index is 1330. The zero-order valence-electron chi connectivity index (χ0n) is 21.1. The van der Waals surface area contributed by atoms with Crippen LogP contribution in [0.15, 0.2) is 72.8 Å². The number of rotatable bonds is 8. The minimum absolute atomic E-state index is 0.0246. The van der Waals surface area contributed by atoms with Crippen LogP contribution in [0.5, 0.6) is 5.75 Å². The molecule has 1 aromatic heterocycles. The molecule has 1 fully saturated rings. The van der Waals surface area contributed by atoms with Crippen molar-refractivity contribution in [1.29, 1.82) is 0 Å². The molecule has 1 N–H and O–H groups in total. The van der Waals surface area contributed by atoms with Gasteiger partial charge in [0.25, 0.3) is 0 Å². The number of likely N-dealkylation sites (tertiary alicyclic amines) is 1. The first-order valence-electron chi connectivity index (χ1n) is 12.8. The number of methoxy groups -OCH3 is 1. The second kappa shape index (κ2) is 11.0. The maximum Gasteiger partial charge on any atom is 0.228 e. The Morgan fingerprint density at radius 1 is 1.03 bits per heavy atom. The molecule has 6 heteroatoms. The van der Waals surface area contributed by atoms with Crippen LogP contribution in [0.3, 0.4) is 0 Å². The fourth-order valence-corrected chi connectivity index (χ4v) is 5.06. The monoisotopic (exact) mass is 482 g/mol. The molecule has 0 aliphatic carbocycles. The van der Waals surface area contributed by atoms with Gasteiger partial charge in [0.15, 0.2) is 0 Å². The van der Waals surface area contributed by atoms with Crippen LogP contribution in [0.1, 0.15) is 36.7 Å². The molecule has 0 unspecified atom stereocenters. The van der Waals surface area contributed by atoms with E-state index in [9.17, 15) is 4.79 Å². The topological polar surface area (TPSA) is 59.4 Å². The van der Waals surface area contributed by atoms with Gasteiger partial charge in [-0.1, -0.05) is 43.3 Å². The van der Waals surface area contributed by atoms with Crippen LogP contribution < -0.4 is 10.1 Å². The van der Waals surface area contributed by atoms with Gasteiger partial charge in [-0.3, -0.25) is 9.69 Å². The highest BCUT2D eigenvalue weighted by atomic mass is 16.5. The maximum absolute atomic E-state index is 13.1. The van der Waals surface area contributed by atoms with Crippen LogP contribution in [-0.4, -0.2) is 40.6 Å². The highest BCUT2D eigenvalue weighted by molar-refractivity contribution is 5.92. The summed E-state index contributed by atoms with van der Waals surface area (Å²) >= 11 is 0. The molecule has 186 valence electrons. The summed E-state index contributed by atoms with van der Waals surface area (Å²) in [4.78, 5) is 20.5. The third kappa shape index (κ3) is 5.44. The van der Waals surface area contributed by atoms with E-state index < -0.39 is 0 Å². The lowest BCUT2D eigenvalue weighted by Gasteiger charge is -2.31. The molecule has 1 atom stereocenters. The molecule has 0 spiro atoms. The first kappa shape index (κ1) is 24.1. The summed E-state index contributed by atoms with van der Waals surface area (Å²) in [5, 5.41) is 3.15. The van der Waals surface area contributed by atoms with Gasteiger partial charge in [-0.25, -0.2) is 4.98 Å². The lowest BCUT2D eigenvalue weighted by molar-refractivity contribution is -0.121. The molecule has 1 aliphatic rings. The molecule has 0 radical (unpaired) electrons. The molecular weight excluding hydrogens is 448 g/mol. The molecule has 6 nitrogen and oxygen atoms in total. The minimum atomic E-state index is -0.0246. The van der Waals surface area contributed by atoms with Gasteiger partial charge < -0.3 is 14.6 Å². The van der Waals surface area contributed by atoms with E-state index in [-0.39, 0.29) is 11.8 Å². The van der Waals surface area contributed by atoms with E-state index in [2.05, 4.69) is 64.2 Å². The van der Waals surface area contributed by atoms with Crippen LogP contribution in [-0.2, 0) is 24.3 Å². The third-order valence-electron chi connectivity index (χ3n) is 7.08. The van der Waals surface area contributed by atoms with E-state index in [0.717, 1.165) is 73.7 Å². The molecule has 4 aromatic rings. The third-order valence-corrected chi connectivity index (χ3v) is 7.08. The Hall–Kier alpha value is -3.64. The second-order valence-electron chi connectivity index (χ2n) is 9.57. The molecule has 3 aromatic carbocycles. The maximum atomic E-state index is 13.1. The zero-order chi connectivity index (χ0) is 24.9. The van der Waals surface area contributed by atoms with Crippen molar-refractivity contribution in [3.63, 3.8) is 0 Å². The van der Waals surface area contributed by atoms with Gasteiger partial charge in [-0.05, 0) is 73.3 Å². The van der Waals surface area contributed by atoms with E-state index in [1.165, 1.54) is 11.1 Å². The molecule has 2 heterocycles. The van der Waals surface area contributed by atoms with Gasteiger partial charge >= 0.3 is 0 Å². The number of para-hydroxylation sites is 2. The van der Waals surface area contributed by atoms with Crippen molar-refractivity contribution < 1.29 is 9.53 Å². The molecule has 1 saturated heterocycles. The number of fused-ring (bicyclic) bond motifs is 1. The number of imidazole rings is 1. The number of nitrogens with zero attached hydrogens (tertiary/aromatic N) is 3. The number of nitrogens with one attached hydrogen (secondary N) is 1. The number of ether oxygens (including phenoxy) is 1. The number of hydrogen-bond donors (Lipinski definition) is 1. The van der Waals surface area contributed by atoms with Crippen molar-refractivity contribution >= 4 is 22.6 Å². The number of benzene rings is 3. The summed E-state index contributed by atoms with van der Waals surface area (Å²) in [6.07, 6.45) is 2.88. The SMILES string of the molecule is CCc1cccc(NC(=O)[C@@H]2CCCN(Cc3nc4ccccc4n3Cc3ccc(OC)cc3)C2)c1. The number of anilines is 1. The smallest absolute Gasteiger partial charge is 0.228 e. The van der Waals surface area contributed by atoms with E-state index in [4.69, 9.17) is 9.72 Å². The van der Waals surface area contributed by atoms with Gasteiger partial charge in [-0.2, -0.15) is 0 Å². The first-order valence-corrected chi connectivity index (χ1v) is 12.8. The van der Waals surface area contributed by atoms with Gasteiger partial charge in [-0.15, -0.1) is 0 Å². The first-order chi connectivity index (χ1) is 17.6. The van der Waals surface area contributed by atoms with Crippen LogP contribution in [0.4, 0.5) is 5.69 Å². The average Bonchev–Trinajstić information content (AvgIpc) is 3.26. The summed E-state index contributed by atoms with van der Waals surface area (Å²) in [5.74, 6) is 1.97. The molecule has 1 aliphatic heterocycles. The quantitative estimate of drug-likeness (QED) is 0.360. The van der Waals surface area contributed by atoms with Crippen molar-refractivity contribution in [3.8, 4) is 5.75 Å². The van der Waals surface area contributed by atoms with Crippen LogP contribution in [0.25, 0.3) is 11.0 Å². The molecule has 0 saturated carbocycles. The number of aromatic nitrogens is 2. The number of piperidine rings is 1. The van der Waals surface area contributed by atoms with E-state index in [1.807, 2.05) is 30.3 Å². The Morgan fingerprint density at radius 2 is 1.86 bits per heavy atom. The van der Waals surface area contributed by atoms with Crippen molar-refractivity contribution in [2.24, 2.45) is 5.92 Å². The molecule has 0 bridgehead atoms. The highest BCUT2D eigenvalue weighted by Gasteiger charge is 2.27. The minimum Gasteiger partial charge on any atom is -0.497 e. The summed E-state index contributed by atoms with van der Waals surface area (Å²) in [6, 6.07) is 24.6. The van der Waals surface area contributed by atoms with Crippen molar-refractivity contribution in [1.82, 2.24) is 14.5 Å². The summed E-state index contributed by atoms with van der Waals surface area (Å²) in [5.41, 5.74) is 5.45. The Balaban J connectivity index is 1.31. The van der Waals surface area contributed by atoms with Crippen LogP contribution in [0, 0.1) is 5.92 Å². The van der Waals surface area contributed by atoms with Gasteiger partial charge in [0.2, 0.25) is 5.91 Å². The summed E-state index contributed by atoms with van der Waals surface area (Å²) < 4.78 is 7.62. The Morgan fingerprint density at radius 3 is 2.67 bits per heavy atom. The Kier molecular flexibility index (Phi) is 7.33. The van der Waals surface area contributed by atoms with Crippen molar-refractivity contribution in [2.75, 3.05) is 25.5 Å². The molecule has 1 amide bonds. The van der Waals surface area contributed by atoms with Crippen molar-refractivity contribution in [3.05, 3.63) is 89.7 Å². The van der Waals surface area contributed by atoms with Crippen molar-refractivity contribution in [2.45, 2.75) is 39.3 Å². The lowest BCUT2D eigenvalue weighted by Crippen LogP contribution is -2.40.